The minimum atomic E-state index is 0.0226. The summed E-state index contributed by atoms with van der Waals surface area (Å²) in [5, 5.41) is 17.4. The van der Waals surface area contributed by atoms with E-state index in [1.165, 1.54) is 5.57 Å². The summed E-state index contributed by atoms with van der Waals surface area (Å²) >= 11 is 0. The van der Waals surface area contributed by atoms with Gasteiger partial charge >= 0.3 is 0 Å². The van der Waals surface area contributed by atoms with Crippen molar-refractivity contribution in [2.75, 3.05) is 34.5 Å². The number of aliphatic hydroxyl groups excluding tert-OH is 1. The summed E-state index contributed by atoms with van der Waals surface area (Å²) in [6.45, 7) is 17.2. The molecule has 6 nitrogen and oxygen atoms in total. The fourth-order valence-electron chi connectivity index (χ4n) is 4.01. The van der Waals surface area contributed by atoms with Gasteiger partial charge in [-0.3, -0.25) is 0 Å². The zero-order chi connectivity index (χ0) is 30.7. The molecule has 0 aliphatic carbocycles. The van der Waals surface area contributed by atoms with Gasteiger partial charge in [-0.2, -0.15) is 5.26 Å². The zero-order valence-electron chi connectivity index (χ0n) is 26.5. The van der Waals surface area contributed by atoms with Gasteiger partial charge in [0.05, 0.1) is 40.4 Å². The maximum atomic E-state index is 8.73. The molecule has 2 aromatic rings. The molecule has 222 valence electrons. The molecule has 0 saturated heterocycles. The summed E-state index contributed by atoms with van der Waals surface area (Å²) in [4.78, 5) is 0. The number of hydrogen-bond donors (Lipinski definition) is 1. The third-order valence-corrected chi connectivity index (χ3v) is 6.19. The molecule has 0 spiro atoms. The lowest BCUT2D eigenvalue weighted by atomic mass is 9.94. The molecule has 0 heterocycles. The normalized spacial score (nSPS) is 11.2. The van der Waals surface area contributed by atoms with Crippen molar-refractivity contribution >= 4 is 0 Å². The molecule has 0 fully saturated rings. The Morgan fingerprint density at radius 2 is 1.40 bits per heavy atom. The van der Waals surface area contributed by atoms with Gasteiger partial charge in [0.15, 0.2) is 0 Å². The van der Waals surface area contributed by atoms with Crippen LogP contribution in [-0.2, 0) is 11.2 Å². The molecule has 0 bridgehead atoms. The van der Waals surface area contributed by atoms with Gasteiger partial charge in [-0.05, 0) is 67.0 Å². The van der Waals surface area contributed by atoms with E-state index >= 15 is 0 Å². The smallest absolute Gasteiger partial charge is 0.126 e. The Morgan fingerprint density at radius 1 is 0.875 bits per heavy atom. The maximum Gasteiger partial charge on any atom is 0.126 e. The summed E-state index contributed by atoms with van der Waals surface area (Å²) in [5.74, 6) is 4.76. The molecule has 0 radical (unpaired) electrons. The van der Waals surface area contributed by atoms with E-state index in [9.17, 15) is 0 Å². The molecule has 0 aliphatic heterocycles. The predicted molar refractivity (Wildman–Crippen MR) is 165 cm³/mol. The molecule has 0 atom stereocenters. The number of ether oxygens (including phenoxy) is 4. The second-order valence-corrected chi connectivity index (χ2v) is 10.0. The van der Waals surface area contributed by atoms with E-state index in [4.69, 9.17) is 29.3 Å². The lowest BCUT2D eigenvalue weighted by Crippen LogP contribution is -2.05. The van der Waals surface area contributed by atoms with E-state index < -0.39 is 0 Å². The van der Waals surface area contributed by atoms with Crippen LogP contribution in [0.2, 0.25) is 0 Å². The van der Waals surface area contributed by atoms with Crippen LogP contribution >= 0.6 is 0 Å². The number of nitriles is 1. The van der Waals surface area contributed by atoms with Gasteiger partial charge in [0.2, 0.25) is 0 Å². The van der Waals surface area contributed by atoms with Crippen LogP contribution in [0, 0.1) is 17.2 Å². The largest absolute Gasteiger partial charge is 0.497 e. The molecule has 2 aromatic carbocycles. The van der Waals surface area contributed by atoms with E-state index in [2.05, 4.69) is 54.5 Å². The molecule has 0 amide bonds. The molecular weight excluding hydrogens is 502 g/mol. The number of hydrogen-bond acceptors (Lipinski definition) is 6. The minimum absolute atomic E-state index is 0.0226. The van der Waals surface area contributed by atoms with Crippen LogP contribution in [0.5, 0.6) is 17.2 Å². The van der Waals surface area contributed by atoms with E-state index in [-0.39, 0.29) is 6.61 Å². The monoisotopic (exact) mass is 553 g/mol. The first-order chi connectivity index (χ1) is 19.0. The van der Waals surface area contributed by atoms with Crippen LogP contribution in [0.15, 0.2) is 59.9 Å². The van der Waals surface area contributed by atoms with Gasteiger partial charge in [0, 0.05) is 11.1 Å². The van der Waals surface area contributed by atoms with Crippen LogP contribution in [0.4, 0.5) is 0 Å². The fourth-order valence-corrected chi connectivity index (χ4v) is 4.01. The third-order valence-electron chi connectivity index (χ3n) is 6.19. The van der Waals surface area contributed by atoms with Crippen molar-refractivity contribution in [1.82, 2.24) is 0 Å². The lowest BCUT2D eigenvalue weighted by Gasteiger charge is -2.16. The average Bonchev–Trinajstić information content (AvgIpc) is 2.94. The second kappa shape index (κ2) is 20.5. The SMILES string of the molecule is C/C=C\C(OC)=C(/C)C(C)C.COc1cccc(CC#N)c1C(C)C.COc1cccc(OCCO)c1C(C)C. The van der Waals surface area contributed by atoms with Crippen molar-refractivity contribution in [2.24, 2.45) is 5.92 Å². The Bertz CT molecular complexity index is 1090. The maximum absolute atomic E-state index is 8.73. The topological polar surface area (TPSA) is 80.9 Å². The number of aliphatic hydroxyl groups is 1. The molecule has 1 N–H and O–H groups in total. The van der Waals surface area contributed by atoms with Crippen LogP contribution in [-0.4, -0.2) is 39.6 Å². The highest BCUT2D eigenvalue weighted by Crippen LogP contribution is 2.34. The van der Waals surface area contributed by atoms with Crippen molar-refractivity contribution in [3.63, 3.8) is 0 Å². The first-order valence-corrected chi connectivity index (χ1v) is 13.8. The molecule has 6 heteroatoms. The molecule has 0 aliphatic rings. The molecule has 0 aromatic heterocycles. The van der Waals surface area contributed by atoms with Gasteiger partial charge in [-0.1, -0.05) is 65.8 Å². The lowest BCUT2D eigenvalue weighted by molar-refractivity contribution is 0.199. The zero-order valence-corrected chi connectivity index (χ0v) is 26.5. The highest BCUT2D eigenvalue weighted by Gasteiger charge is 2.14. The first kappa shape index (κ1) is 36.6. The van der Waals surface area contributed by atoms with E-state index in [0.717, 1.165) is 39.7 Å². The fraction of sp³-hybridized carbons (Fsp3) is 0.500. The standard InChI is InChI=1S/C12H15NO.C12H18O3.C10H18O/c1-9(2)12-10(7-8-13)5-4-6-11(12)14-3;1-9(2)12-10(14-3)5-4-6-11(12)15-8-7-13;1-6-7-10(11-5)9(4)8(2)3/h4-6,9H,7H2,1-3H3;4-6,9,13H,7-8H2,1-3H3;6-8H,1-5H3/b;;7-6-,10-9-. The highest BCUT2D eigenvalue weighted by molar-refractivity contribution is 5.47. The van der Waals surface area contributed by atoms with Crippen LogP contribution < -0.4 is 14.2 Å². The van der Waals surface area contributed by atoms with Gasteiger partial charge in [0.25, 0.3) is 0 Å². The third kappa shape index (κ3) is 12.2. The molecular formula is C34H51NO5. The van der Waals surface area contributed by atoms with Crippen LogP contribution in [0.25, 0.3) is 0 Å². The van der Waals surface area contributed by atoms with Crippen molar-refractivity contribution < 1.29 is 24.1 Å². The van der Waals surface area contributed by atoms with Gasteiger partial charge in [0.1, 0.15) is 29.6 Å². The Morgan fingerprint density at radius 3 is 1.82 bits per heavy atom. The second-order valence-electron chi connectivity index (χ2n) is 10.0. The summed E-state index contributed by atoms with van der Waals surface area (Å²) in [6.07, 6.45) is 4.44. The molecule has 2 rings (SSSR count). The Balaban J connectivity index is 0.000000578. The van der Waals surface area contributed by atoms with E-state index in [1.807, 2.05) is 55.5 Å². The highest BCUT2D eigenvalue weighted by atomic mass is 16.5. The number of allylic oxidation sites excluding steroid dienone is 3. The van der Waals surface area contributed by atoms with Crippen LogP contribution in [0.1, 0.15) is 83.9 Å². The van der Waals surface area contributed by atoms with Crippen molar-refractivity contribution in [3.05, 3.63) is 76.6 Å². The number of rotatable bonds is 11. The van der Waals surface area contributed by atoms with Crippen molar-refractivity contribution in [2.45, 2.75) is 73.6 Å². The van der Waals surface area contributed by atoms with Crippen molar-refractivity contribution in [3.8, 4) is 23.3 Å². The summed E-state index contributed by atoms with van der Waals surface area (Å²) in [6, 6.07) is 13.7. The minimum Gasteiger partial charge on any atom is -0.497 e. The van der Waals surface area contributed by atoms with Gasteiger partial charge < -0.3 is 24.1 Å². The Labute approximate surface area is 243 Å². The Kier molecular flexibility index (Phi) is 18.7. The van der Waals surface area contributed by atoms with Gasteiger partial charge in [-0.25, -0.2) is 0 Å². The summed E-state index contributed by atoms with van der Waals surface area (Å²) in [7, 11) is 5.02. The van der Waals surface area contributed by atoms with Crippen molar-refractivity contribution in [1.29, 1.82) is 5.26 Å². The predicted octanol–water partition coefficient (Wildman–Crippen LogP) is 8.21. The molecule has 0 unspecified atom stereocenters. The average molecular weight is 554 g/mol. The van der Waals surface area contributed by atoms with E-state index in [1.54, 1.807) is 21.3 Å². The number of methoxy groups -OCH3 is 3. The number of benzene rings is 2. The quantitative estimate of drug-likeness (QED) is 0.223. The first-order valence-electron chi connectivity index (χ1n) is 13.8. The summed E-state index contributed by atoms with van der Waals surface area (Å²) < 4.78 is 21.2. The van der Waals surface area contributed by atoms with E-state index in [0.29, 0.717) is 30.8 Å². The molecule has 0 saturated carbocycles. The number of nitrogens with zero attached hydrogens (tertiary/aromatic N) is 1. The van der Waals surface area contributed by atoms with Crippen LogP contribution in [0.3, 0.4) is 0 Å². The molecule has 40 heavy (non-hydrogen) atoms. The van der Waals surface area contributed by atoms with Gasteiger partial charge in [-0.15, -0.1) is 0 Å². The summed E-state index contributed by atoms with van der Waals surface area (Å²) in [5.41, 5.74) is 4.57. The Hall–Kier alpha value is -3.43.